The van der Waals surface area contributed by atoms with E-state index >= 15 is 0 Å². The van der Waals surface area contributed by atoms with Crippen LogP contribution in [0.4, 0.5) is 11.4 Å². The molecule has 0 radical (unpaired) electrons. The van der Waals surface area contributed by atoms with E-state index in [1.807, 2.05) is 25.1 Å². The second kappa shape index (κ2) is 7.94. The Hall–Kier alpha value is -1.88. The third-order valence-electron chi connectivity index (χ3n) is 4.05. The topological polar surface area (TPSA) is 84.2 Å². The van der Waals surface area contributed by atoms with Gasteiger partial charge in [-0.2, -0.15) is 0 Å². The molecule has 0 aromatic heterocycles. The maximum atomic E-state index is 12.4. The molecule has 2 rings (SSSR count). The fraction of sp³-hybridized carbons (Fsp3) is 0.529. The zero-order chi connectivity index (χ0) is 15.9. The number of carbonyl (C=O) groups excluding carboxylic acids is 2. The van der Waals surface area contributed by atoms with Gasteiger partial charge in [0.05, 0.1) is 11.4 Å². The number of carbonyl (C=O) groups is 2. The molecule has 1 aromatic rings. The van der Waals surface area contributed by atoms with Crippen LogP contribution in [0.25, 0.3) is 0 Å². The Morgan fingerprint density at radius 3 is 2.55 bits per heavy atom. The van der Waals surface area contributed by atoms with Crippen molar-refractivity contribution < 1.29 is 9.59 Å². The van der Waals surface area contributed by atoms with E-state index in [2.05, 4.69) is 10.6 Å². The van der Waals surface area contributed by atoms with Crippen molar-refractivity contribution in [3.63, 3.8) is 0 Å². The number of hydrogen-bond acceptors (Lipinski definition) is 3. The van der Waals surface area contributed by atoms with Crippen molar-refractivity contribution in [2.45, 2.75) is 45.4 Å². The largest absolute Gasteiger partial charge is 0.330 e. The number of rotatable bonds is 5. The number of nitrogens with two attached hydrogens (primary N) is 1. The Morgan fingerprint density at radius 1 is 1.14 bits per heavy atom. The van der Waals surface area contributed by atoms with E-state index in [0.717, 1.165) is 31.2 Å². The molecule has 1 saturated carbocycles. The first-order valence-electron chi connectivity index (χ1n) is 8.01. The van der Waals surface area contributed by atoms with Crippen molar-refractivity contribution in [2.24, 2.45) is 11.7 Å². The first-order chi connectivity index (χ1) is 10.6. The van der Waals surface area contributed by atoms with Crippen LogP contribution in [-0.2, 0) is 9.59 Å². The molecular formula is C17H25N3O2. The highest BCUT2D eigenvalue weighted by atomic mass is 16.2. The highest BCUT2D eigenvalue weighted by molar-refractivity contribution is 6.00. The number of hydrogen-bond donors (Lipinski definition) is 3. The van der Waals surface area contributed by atoms with Gasteiger partial charge in [-0.1, -0.05) is 25.3 Å². The van der Waals surface area contributed by atoms with Crippen molar-refractivity contribution in [3.8, 4) is 0 Å². The van der Waals surface area contributed by atoms with Gasteiger partial charge in [-0.3, -0.25) is 9.59 Å². The molecule has 0 heterocycles. The van der Waals surface area contributed by atoms with Gasteiger partial charge in [0.15, 0.2) is 0 Å². The van der Waals surface area contributed by atoms with Crippen LogP contribution >= 0.6 is 0 Å². The van der Waals surface area contributed by atoms with Crippen LogP contribution in [0.15, 0.2) is 18.2 Å². The summed E-state index contributed by atoms with van der Waals surface area (Å²) in [7, 11) is 0. The average molecular weight is 303 g/mol. The summed E-state index contributed by atoms with van der Waals surface area (Å²) in [5, 5.41) is 5.80. The van der Waals surface area contributed by atoms with Crippen LogP contribution < -0.4 is 16.4 Å². The molecule has 0 aliphatic heterocycles. The molecular weight excluding hydrogens is 278 g/mol. The summed E-state index contributed by atoms with van der Waals surface area (Å²) in [6.07, 6.45) is 5.62. The second-order valence-electron chi connectivity index (χ2n) is 5.96. The van der Waals surface area contributed by atoms with Crippen molar-refractivity contribution >= 4 is 23.2 Å². The first kappa shape index (κ1) is 16.5. The molecule has 2 amide bonds. The Kier molecular flexibility index (Phi) is 5.95. The summed E-state index contributed by atoms with van der Waals surface area (Å²) >= 11 is 0. The zero-order valence-electron chi connectivity index (χ0n) is 13.2. The highest BCUT2D eigenvalue weighted by Crippen LogP contribution is 2.28. The average Bonchev–Trinajstić information content (AvgIpc) is 2.51. The standard InChI is InChI=1S/C17H25N3O2/c1-12-7-8-14(15(11-12)19-16(21)9-10-18)20-17(22)13-5-3-2-4-6-13/h7-8,11,13H,2-6,9-10,18H2,1H3,(H,19,21)(H,20,22). The predicted molar refractivity (Wildman–Crippen MR) is 88.7 cm³/mol. The van der Waals surface area contributed by atoms with Crippen molar-refractivity contribution in [3.05, 3.63) is 23.8 Å². The molecule has 120 valence electrons. The van der Waals surface area contributed by atoms with Gasteiger partial charge in [-0.05, 0) is 37.5 Å². The molecule has 0 saturated heterocycles. The summed E-state index contributed by atoms with van der Waals surface area (Å²) in [6.45, 7) is 2.26. The fourth-order valence-electron chi connectivity index (χ4n) is 2.81. The molecule has 1 aromatic carbocycles. The molecule has 0 unspecified atom stereocenters. The van der Waals surface area contributed by atoms with Gasteiger partial charge in [0.2, 0.25) is 11.8 Å². The lowest BCUT2D eigenvalue weighted by atomic mass is 9.88. The molecule has 0 spiro atoms. The van der Waals surface area contributed by atoms with Crippen LogP contribution in [-0.4, -0.2) is 18.4 Å². The summed E-state index contributed by atoms with van der Waals surface area (Å²) in [4.78, 5) is 24.1. The third kappa shape index (κ3) is 4.56. The molecule has 5 nitrogen and oxygen atoms in total. The van der Waals surface area contributed by atoms with Gasteiger partial charge in [0.25, 0.3) is 0 Å². The second-order valence-corrected chi connectivity index (χ2v) is 5.96. The molecule has 0 bridgehead atoms. The lowest BCUT2D eigenvalue weighted by molar-refractivity contribution is -0.120. The Balaban J connectivity index is 2.08. The fourth-order valence-corrected chi connectivity index (χ4v) is 2.81. The van der Waals surface area contributed by atoms with Crippen LogP contribution in [0.3, 0.4) is 0 Å². The van der Waals surface area contributed by atoms with E-state index < -0.39 is 0 Å². The van der Waals surface area contributed by atoms with E-state index in [9.17, 15) is 9.59 Å². The Bertz CT molecular complexity index is 537. The zero-order valence-corrected chi connectivity index (χ0v) is 13.2. The lowest BCUT2D eigenvalue weighted by Gasteiger charge is -2.21. The van der Waals surface area contributed by atoms with Crippen molar-refractivity contribution in [2.75, 3.05) is 17.2 Å². The summed E-state index contributed by atoms with van der Waals surface area (Å²) in [6, 6.07) is 5.63. The smallest absolute Gasteiger partial charge is 0.227 e. The van der Waals surface area contributed by atoms with E-state index in [-0.39, 0.29) is 24.2 Å². The number of nitrogens with one attached hydrogen (secondary N) is 2. The van der Waals surface area contributed by atoms with Gasteiger partial charge in [-0.15, -0.1) is 0 Å². The number of amides is 2. The van der Waals surface area contributed by atoms with E-state index in [0.29, 0.717) is 17.9 Å². The molecule has 4 N–H and O–H groups in total. The number of benzene rings is 1. The predicted octanol–water partition coefficient (Wildman–Crippen LogP) is 2.80. The van der Waals surface area contributed by atoms with Gasteiger partial charge in [-0.25, -0.2) is 0 Å². The monoisotopic (exact) mass is 303 g/mol. The molecule has 0 atom stereocenters. The van der Waals surface area contributed by atoms with Crippen LogP contribution in [0.1, 0.15) is 44.1 Å². The number of anilines is 2. The Morgan fingerprint density at radius 2 is 1.86 bits per heavy atom. The molecule has 5 heteroatoms. The normalized spacial score (nSPS) is 15.4. The van der Waals surface area contributed by atoms with Gasteiger partial charge in [0, 0.05) is 18.9 Å². The van der Waals surface area contributed by atoms with Crippen LogP contribution in [0.2, 0.25) is 0 Å². The van der Waals surface area contributed by atoms with Crippen molar-refractivity contribution in [1.82, 2.24) is 0 Å². The molecule has 1 fully saturated rings. The first-order valence-corrected chi connectivity index (χ1v) is 8.01. The Labute approximate surface area is 131 Å². The van der Waals surface area contributed by atoms with Crippen molar-refractivity contribution in [1.29, 1.82) is 0 Å². The molecule has 1 aliphatic rings. The van der Waals surface area contributed by atoms with Gasteiger partial charge < -0.3 is 16.4 Å². The van der Waals surface area contributed by atoms with E-state index in [1.54, 1.807) is 0 Å². The molecule has 22 heavy (non-hydrogen) atoms. The third-order valence-corrected chi connectivity index (χ3v) is 4.05. The van der Waals surface area contributed by atoms with E-state index in [4.69, 9.17) is 5.73 Å². The maximum absolute atomic E-state index is 12.4. The summed E-state index contributed by atoms with van der Waals surface area (Å²) < 4.78 is 0. The number of aryl methyl sites for hydroxylation is 1. The minimum atomic E-state index is -0.138. The highest BCUT2D eigenvalue weighted by Gasteiger charge is 2.22. The van der Waals surface area contributed by atoms with Crippen LogP contribution in [0, 0.1) is 12.8 Å². The van der Waals surface area contributed by atoms with Gasteiger partial charge in [0.1, 0.15) is 0 Å². The summed E-state index contributed by atoms with van der Waals surface area (Å²) in [5.74, 6) is 0.00166. The van der Waals surface area contributed by atoms with Gasteiger partial charge >= 0.3 is 0 Å². The van der Waals surface area contributed by atoms with E-state index in [1.165, 1.54) is 6.42 Å². The van der Waals surface area contributed by atoms with Crippen LogP contribution in [0.5, 0.6) is 0 Å². The molecule has 1 aliphatic carbocycles. The quantitative estimate of drug-likeness (QED) is 0.782. The minimum Gasteiger partial charge on any atom is -0.330 e. The minimum absolute atomic E-state index is 0.0536. The SMILES string of the molecule is Cc1ccc(NC(=O)C2CCCCC2)c(NC(=O)CCN)c1. The lowest BCUT2D eigenvalue weighted by Crippen LogP contribution is -2.25. The maximum Gasteiger partial charge on any atom is 0.227 e. The summed E-state index contributed by atoms with van der Waals surface area (Å²) in [5.41, 5.74) is 7.73.